The molecule has 0 aromatic carbocycles. The second-order valence-corrected chi connectivity index (χ2v) is 5.53. The fourth-order valence-corrected chi connectivity index (χ4v) is 1.70. The molecule has 1 rings (SSSR count). The fraction of sp³-hybridized carbons (Fsp3) is 0.846. The summed E-state index contributed by atoms with van der Waals surface area (Å²) in [6, 6.07) is 0. The van der Waals surface area contributed by atoms with E-state index in [2.05, 4.69) is 49.5 Å². The highest BCUT2D eigenvalue weighted by Gasteiger charge is 2.02. The van der Waals surface area contributed by atoms with Crippen LogP contribution in [-0.2, 0) is 13.0 Å². The molecule has 0 saturated carbocycles. The standard InChI is InChI=1S/C13H26N4/c1-11(2)8-14-7-5-6-13-10-17(16-15-13)9-12(3)4/h10-12,14H,5-9H2,1-4H3. The van der Waals surface area contributed by atoms with Crippen LogP contribution in [0.2, 0.25) is 0 Å². The van der Waals surface area contributed by atoms with E-state index >= 15 is 0 Å². The lowest BCUT2D eigenvalue weighted by Gasteiger charge is -2.05. The van der Waals surface area contributed by atoms with Gasteiger partial charge in [0.1, 0.15) is 0 Å². The molecule has 1 aromatic rings. The highest BCUT2D eigenvalue weighted by Crippen LogP contribution is 2.01. The van der Waals surface area contributed by atoms with Gasteiger partial charge in [-0.25, -0.2) is 0 Å². The summed E-state index contributed by atoms with van der Waals surface area (Å²) in [6.07, 6.45) is 4.22. The van der Waals surface area contributed by atoms with E-state index in [0.29, 0.717) is 5.92 Å². The SMILES string of the molecule is CC(C)CNCCCc1cn(CC(C)C)nn1. The number of aryl methyl sites for hydroxylation is 1. The molecule has 1 N–H and O–H groups in total. The Hall–Kier alpha value is -0.900. The lowest BCUT2D eigenvalue weighted by Crippen LogP contribution is -2.21. The van der Waals surface area contributed by atoms with Crippen LogP contribution in [-0.4, -0.2) is 28.1 Å². The van der Waals surface area contributed by atoms with Gasteiger partial charge in [0, 0.05) is 12.7 Å². The first-order chi connectivity index (χ1) is 8.08. The molecule has 4 heteroatoms. The molecule has 0 fully saturated rings. The summed E-state index contributed by atoms with van der Waals surface area (Å²) in [5, 5.41) is 11.8. The highest BCUT2D eigenvalue weighted by molar-refractivity contribution is 4.92. The van der Waals surface area contributed by atoms with Crippen molar-refractivity contribution in [2.75, 3.05) is 13.1 Å². The number of nitrogens with zero attached hydrogens (tertiary/aromatic N) is 3. The molecule has 0 aliphatic rings. The lowest BCUT2D eigenvalue weighted by molar-refractivity contribution is 0.472. The van der Waals surface area contributed by atoms with Crippen molar-refractivity contribution in [1.82, 2.24) is 20.3 Å². The molecule has 98 valence electrons. The number of aromatic nitrogens is 3. The Morgan fingerprint density at radius 1 is 1.24 bits per heavy atom. The van der Waals surface area contributed by atoms with E-state index in [1.807, 2.05) is 4.68 Å². The van der Waals surface area contributed by atoms with E-state index in [-0.39, 0.29) is 0 Å². The molecule has 17 heavy (non-hydrogen) atoms. The second kappa shape index (κ2) is 7.43. The summed E-state index contributed by atoms with van der Waals surface area (Å²) < 4.78 is 1.95. The van der Waals surface area contributed by atoms with Crippen molar-refractivity contribution in [2.24, 2.45) is 11.8 Å². The highest BCUT2D eigenvalue weighted by atomic mass is 15.4. The summed E-state index contributed by atoms with van der Waals surface area (Å²) >= 11 is 0. The predicted molar refractivity (Wildman–Crippen MR) is 70.9 cm³/mol. The first-order valence-electron chi connectivity index (χ1n) is 6.67. The third-order valence-corrected chi connectivity index (χ3v) is 2.48. The van der Waals surface area contributed by atoms with Crippen LogP contribution in [0.4, 0.5) is 0 Å². The van der Waals surface area contributed by atoms with Crippen molar-refractivity contribution >= 4 is 0 Å². The van der Waals surface area contributed by atoms with Gasteiger partial charge in [0.15, 0.2) is 0 Å². The van der Waals surface area contributed by atoms with Crippen molar-refractivity contribution in [3.63, 3.8) is 0 Å². The summed E-state index contributed by atoms with van der Waals surface area (Å²) in [7, 11) is 0. The van der Waals surface area contributed by atoms with Crippen LogP contribution in [0, 0.1) is 11.8 Å². The van der Waals surface area contributed by atoms with Gasteiger partial charge in [0.2, 0.25) is 0 Å². The molecule has 0 aliphatic heterocycles. The molecule has 1 aromatic heterocycles. The lowest BCUT2D eigenvalue weighted by atomic mass is 10.2. The van der Waals surface area contributed by atoms with E-state index in [1.54, 1.807) is 0 Å². The van der Waals surface area contributed by atoms with E-state index in [0.717, 1.165) is 44.1 Å². The predicted octanol–water partition coefficient (Wildman–Crippen LogP) is 2.11. The maximum Gasteiger partial charge on any atom is 0.0827 e. The largest absolute Gasteiger partial charge is 0.316 e. The number of hydrogen-bond donors (Lipinski definition) is 1. The molecule has 0 bridgehead atoms. The van der Waals surface area contributed by atoms with E-state index in [4.69, 9.17) is 0 Å². The van der Waals surface area contributed by atoms with Crippen molar-refractivity contribution in [1.29, 1.82) is 0 Å². The number of rotatable bonds is 8. The molecular weight excluding hydrogens is 212 g/mol. The Kier molecular flexibility index (Phi) is 6.19. The Labute approximate surface area is 105 Å². The molecule has 4 nitrogen and oxygen atoms in total. The molecule has 0 aliphatic carbocycles. The van der Waals surface area contributed by atoms with E-state index in [9.17, 15) is 0 Å². The minimum Gasteiger partial charge on any atom is -0.316 e. The van der Waals surface area contributed by atoms with E-state index in [1.165, 1.54) is 0 Å². The third-order valence-electron chi connectivity index (χ3n) is 2.48. The minimum absolute atomic E-state index is 0.622. The maximum absolute atomic E-state index is 4.19. The van der Waals surface area contributed by atoms with Gasteiger partial charge in [-0.3, -0.25) is 4.68 Å². The topological polar surface area (TPSA) is 42.7 Å². The van der Waals surface area contributed by atoms with Gasteiger partial charge in [0.05, 0.1) is 5.69 Å². The molecule has 0 atom stereocenters. The Morgan fingerprint density at radius 3 is 2.65 bits per heavy atom. The Morgan fingerprint density at radius 2 is 2.00 bits per heavy atom. The molecular formula is C13H26N4. The van der Waals surface area contributed by atoms with Gasteiger partial charge in [0.25, 0.3) is 0 Å². The van der Waals surface area contributed by atoms with Gasteiger partial charge in [-0.2, -0.15) is 0 Å². The zero-order valence-corrected chi connectivity index (χ0v) is 11.6. The summed E-state index contributed by atoms with van der Waals surface area (Å²) in [6.45, 7) is 12.0. The zero-order valence-electron chi connectivity index (χ0n) is 11.6. The molecule has 0 saturated heterocycles. The van der Waals surface area contributed by atoms with Crippen LogP contribution in [0.5, 0.6) is 0 Å². The normalized spacial score (nSPS) is 11.6. The minimum atomic E-state index is 0.622. The number of nitrogens with one attached hydrogen (secondary N) is 1. The summed E-state index contributed by atoms with van der Waals surface area (Å²) in [5.41, 5.74) is 1.11. The smallest absolute Gasteiger partial charge is 0.0827 e. The monoisotopic (exact) mass is 238 g/mol. The van der Waals surface area contributed by atoms with Gasteiger partial charge in [-0.1, -0.05) is 32.9 Å². The van der Waals surface area contributed by atoms with Gasteiger partial charge >= 0.3 is 0 Å². The first-order valence-corrected chi connectivity index (χ1v) is 6.67. The summed E-state index contributed by atoms with van der Waals surface area (Å²) in [4.78, 5) is 0. The van der Waals surface area contributed by atoms with Crippen LogP contribution in [0.25, 0.3) is 0 Å². The Balaban J connectivity index is 2.16. The van der Waals surface area contributed by atoms with Crippen molar-refractivity contribution in [2.45, 2.75) is 47.1 Å². The molecule has 0 radical (unpaired) electrons. The van der Waals surface area contributed by atoms with Crippen LogP contribution >= 0.6 is 0 Å². The van der Waals surface area contributed by atoms with Crippen molar-refractivity contribution in [3.8, 4) is 0 Å². The second-order valence-electron chi connectivity index (χ2n) is 5.53. The van der Waals surface area contributed by atoms with Crippen LogP contribution < -0.4 is 5.32 Å². The average molecular weight is 238 g/mol. The van der Waals surface area contributed by atoms with Gasteiger partial charge in [-0.15, -0.1) is 5.10 Å². The molecule has 1 heterocycles. The van der Waals surface area contributed by atoms with Crippen LogP contribution in [0.15, 0.2) is 6.20 Å². The van der Waals surface area contributed by atoms with Crippen molar-refractivity contribution in [3.05, 3.63) is 11.9 Å². The van der Waals surface area contributed by atoms with E-state index < -0.39 is 0 Å². The first kappa shape index (κ1) is 14.2. The number of hydrogen-bond acceptors (Lipinski definition) is 3. The van der Waals surface area contributed by atoms with Gasteiger partial charge in [-0.05, 0) is 37.8 Å². The maximum atomic E-state index is 4.19. The molecule has 0 unspecified atom stereocenters. The Bertz CT molecular complexity index is 304. The zero-order chi connectivity index (χ0) is 12.7. The van der Waals surface area contributed by atoms with Gasteiger partial charge < -0.3 is 5.32 Å². The third kappa shape index (κ3) is 6.41. The van der Waals surface area contributed by atoms with Crippen molar-refractivity contribution < 1.29 is 0 Å². The molecule has 0 spiro atoms. The van der Waals surface area contributed by atoms with Crippen LogP contribution in [0.3, 0.4) is 0 Å². The average Bonchev–Trinajstić information content (AvgIpc) is 2.63. The quantitative estimate of drug-likeness (QED) is 0.705. The fourth-order valence-electron chi connectivity index (χ4n) is 1.70. The summed E-state index contributed by atoms with van der Waals surface area (Å²) in [5.74, 6) is 1.35. The van der Waals surface area contributed by atoms with Crippen LogP contribution in [0.1, 0.15) is 39.8 Å². The molecule has 0 amide bonds.